The number of fused-ring (bicyclic) bond motifs is 1. The molecule has 0 fully saturated rings. The number of hydrogen-bond donors (Lipinski definition) is 1. The van der Waals surface area contributed by atoms with E-state index in [0.717, 1.165) is 85.7 Å². The number of rotatable bonds is 12. The highest BCUT2D eigenvalue weighted by molar-refractivity contribution is 7.89. The Labute approximate surface area is 296 Å². The highest BCUT2D eigenvalue weighted by Crippen LogP contribution is 2.49. The van der Waals surface area contributed by atoms with Gasteiger partial charge in [-0.05, 0) is 114 Å². The number of anilines is 1. The van der Waals surface area contributed by atoms with Crippen molar-refractivity contribution in [3.05, 3.63) is 97.8 Å². The molecule has 0 aromatic heterocycles. The maximum absolute atomic E-state index is 11.9. The number of halogens is 1. The number of nitrogens with zero attached hydrogens (tertiary/aromatic N) is 3. The minimum atomic E-state index is -4.28. The molecule has 0 saturated carbocycles. The molecule has 0 spiro atoms. The lowest BCUT2D eigenvalue weighted by Crippen LogP contribution is -2.40. The van der Waals surface area contributed by atoms with Crippen LogP contribution in [0.4, 0.5) is 5.69 Å². The van der Waals surface area contributed by atoms with Crippen molar-refractivity contribution >= 4 is 27.4 Å². The number of aryl methyl sites for hydroxylation is 1. The summed E-state index contributed by atoms with van der Waals surface area (Å²) in [5, 5.41) is 0.834. The highest BCUT2D eigenvalue weighted by Gasteiger charge is 2.43. The molecule has 1 aromatic carbocycles. The predicted octanol–water partition coefficient (Wildman–Crippen LogP) is 9.66. The SMILES string of the molecule is CCCCN1c2ccc(C)cc2C(C)(C)C1/C=C/C1=C(Cl)C(=C/C=C2/N(CCCN(C)C)C(C)=C(/C=C(\C)S(=O)(=O)O)C2(C)C)/CCC1. The van der Waals surface area contributed by atoms with Crippen molar-refractivity contribution in [2.75, 3.05) is 38.6 Å². The highest BCUT2D eigenvalue weighted by atomic mass is 35.5. The Balaban J connectivity index is 1.69. The van der Waals surface area contributed by atoms with E-state index in [4.69, 9.17) is 11.6 Å². The van der Waals surface area contributed by atoms with Gasteiger partial charge in [-0.2, -0.15) is 8.42 Å². The number of unbranched alkanes of at least 4 members (excludes halogenated alkanes) is 1. The van der Waals surface area contributed by atoms with Crippen molar-refractivity contribution in [1.82, 2.24) is 9.80 Å². The Morgan fingerprint density at radius 3 is 2.44 bits per heavy atom. The van der Waals surface area contributed by atoms with Gasteiger partial charge in [0.1, 0.15) is 0 Å². The summed E-state index contributed by atoms with van der Waals surface area (Å²) in [6.45, 7) is 19.7. The Kier molecular flexibility index (Phi) is 12.0. The molecule has 1 unspecified atom stereocenters. The average molecular weight is 696 g/mol. The van der Waals surface area contributed by atoms with E-state index >= 15 is 0 Å². The number of allylic oxidation sites excluding steroid dienone is 10. The van der Waals surface area contributed by atoms with Crippen molar-refractivity contribution in [3.63, 3.8) is 0 Å². The minimum Gasteiger partial charge on any atom is -0.364 e. The van der Waals surface area contributed by atoms with E-state index in [-0.39, 0.29) is 16.4 Å². The summed E-state index contributed by atoms with van der Waals surface area (Å²) < 4.78 is 33.6. The van der Waals surface area contributed by atoms with Gasteiger partial charge in [0.05, 0.1) is 10.9 Å². The lowest BCUT2D eigenvalue weighted by molar-refractivity contribution is 0.335. The van der Waals surface area contributed by atoms with Gasteiger partial charge in [-0.3, -0.25) is 4.55 Å². The molecule has 1 N–H and O–H groups in total. The monoisotopic (exact) mass is 695 g/mol. The Hall–Kier alpha value is -2.58. The van der Waals surface area contributed by atoms with Crippen LogP contribution in [0.15, 0.2) is 86.6 Å². The second-order valence-electron chi connectivity index (χ2n) is 15.2. The molecule has 8 heteroatoms. The molecule has 6 nitrogen and oxygen atoms in total. The van der Waals surface area contributed by atoms with E-state index in [1.807, 2.05) is 6.92 Å². The van der Waals surface area contributed by atoms with Crippen molar-refractivity contribution in [2.24, 2.45) is 5.41 Å². The molecule has 2 aliphatic heterocycles. The normalized spacial score (nSPS) is 23.2. The van der Waals surface area contributed by atoms with Gasteiger partial charge in [-0.25, -0.2) is 0 Å². The maximum Gasteiger partial charge on any atom is 0.290 e. The zero-order valence-corrected chi connectivity index (χ0v) is 32.5. The average Bonchev–Trinajstić information content (AvgIpc) is 3.31. The Morgan fingerprint density at radius 2 is 1.79 bits per heavy atom. The van der Waals surface area contributed by atoms with Gasteiger partial charge >= 0.3 is 0 Å². The van der Waals surface area contributed by atoms with Crippen LogP contribution < -0.4 is 4.90 Å². The molecule has 0 radical (unpaired) electrons. The molecular formula is C40H58ClN3O3S. The molecule has 2 heterocycles. The first-order valence-corrected chi connectivity index (χ1v) is 19.4. The van der Waals surface area contributed by atoms with E-state index in [2.05, 4.69) is 113 Å². The van der Waals surface area contributed by atoms with Gasteiger partial charge in [0, 0.05) is 46.0 Å². The lowest BCUT2D eigenvalue weighted by Gasteiger charge is -2.32. The van der Waals surface area contributed by atoms with Crippen LogP contribution in [0.2, 0.25) is 0 Å². The molecule has 264 valence electrons. The lowest BCUT2D eigenvalue weighted by atomic mass is 9.79. The first-order chi connectivity index (χ1) is 22.4. The standard InChI is InChI=1S/C40H58ClN3O3S/c1-11-12-24-44-35-20-17-28(2)26-34(35)40(7,8)37(44)22-19-32-16-13-15-31(38(32)41)18-21-36-39(5,6)33(27-29(3)48(45,46)47)30(4)43(36)25-14-23-42(9)10/h17-22,26-27,37H,11-16,23-25H2,1-10H3,(H,45,46,47)/b22-19+,29-27+,31-18+,36-21+. The summed E-state index contributed by atoms with van der Waals surface area (Å²) in [4.78, 5) is 7.01. The fourth-order valence-electron chi connectivity index (χ4n) is 7.59. The minimum absolute atomic E-state index is 0.0226. The Morgan fingerprint density at radius 1 is 1.08 bits per heavy atom. The number of hydrogen-bond acceptors (Lipinski definition) is 5. The third-order valence-corrected chi connectivity index (χ3v) is 11.9. The third-order valence-electron chi connectivity index (χ3n) is 10.5. The zero-order valence-electron chi connectivity index (χ0n) is 31.0. The second-order valence-corrected chi connectivity index (χ2v) is 17.2. The van der Waals surface area contributed by atoms with Gasteiger partial charge in [0.25, 0.3) is 10.1 Å². The quantitative estimate of drug-likeness (QED) is 0.220. The van der Waals surface area contributed by atoms with Crippen LogP contribution in [0.5, 0.6) is 0 Å². The molecular weight excluding hydrogens is 638 g/mol. The van der Waals surface area contributed by atoms with E-state index in [0.29, 0.717) is 0 Å². The van der Waals surface area contributed by atoms with E-state index < -0.39 is 15.5 Å². The fourth-order valence-corrected chi connectivity index (χ4v) is 8.17. The van der Waals surface area contributed by atoms with Gasteiger partial charge in [-0.1, -0.05) is 88.6 Å². The van der Waals surface area contributed by atoms with Crippen molar-refractivity contribution in [3.8, 4) is 0 Å². The summed E-state index contributed by atoms with van der Waals surface area (Å²) >= 11 is 7.21. The molecule has 3 aliphatic rings. The summed E-state index contributed by atoms with van der Waals surface area (Å²) in [5.74, 6) is 0. The summed E-state index contributed by atoms with van der Waals surface area (Å²) in [6, 6.07) is 7.13. The van der Waals surface area contributed by atoms with Crippen LogP contribution in [-0.4, -0.2) is 62.5 Å². The second kappa shape index (κ2) is 15.1. The van der Waals surface area contributed by atoms with Crippen molar-refractivity contribution < 1.29 is 13.0 Å². The maximum atomic E-state index is 11.9. The Bertz CT molecular complexity index is 1670. The van der Waals surface area contributed by atoms with Crippen LogP contribution in [0.3, 0.4) is 0 Å². The van der Waals surface area contributed by atoms with Crippen molar-refractivity contribution in [1.29, 1.82) is 0 Å². The largest absolute Gasteiger partial charge is 0.364 e. The fraction of sp³-hybridized carbons (Fsp3) is 0.550. The molecule has 1 aromatic rings. The van der Waals surface area contributed by atoms with Crippen LogP contribution in [0, 0.1) is 12.3 Å². The van der Waals surface area contributed by atoms with Gasteiger partial charge in [0.15, 0.2) is 0 Å². The van der Waals surface area contributed by atoms with Crippen LogP contribution >= 0.6 is 11.6 Å². The first kappa shape index (κ1) is 38.2. The van der Waals surface area contributed by atoms with E-state index in [9.17, 15) is 13.0 Å². The topological polar surface area (TPSA) is 64.1 Å². The smallest absolute Gasteiger partial charge is 0.290 e. The van der Waals surface area contributed by atoms with Gasteiger partial charge in [0.2, 0.25) is 0 Å². The number of benzene rings is 1. The summed E-state index contributed by atoms with van der Waals surface area (Å²) in [7, 11) is -0.137. The van der Waals surface area contributed by atoms with Gasteiger partial charge < -0.3 is 14.7 Å². The van der Waals surface area contributed by atoms with E-state index in [1.165, 1.54) is 29.3 Å². The van der Waals surface area contributed by atoms with Crippen LogP contribution in [0.1, 0.15) is 98.1 Å². The molecule has 0 amide bonds. The molecule has 0 bridgehead atoms. The van der Waals surface area contributed by atoms with Crippen molar-refractivity contribution in [2.45, 2.75) is 105 Å². The van der Waals surface area contributed by atoms with E-state index in [1.54, 1.807) is 6.08 Å². The molecule has 4 rings (SSSR count). The van der Waals surface area contributed by atoms with Crippen LogP contribution in [-0.2, 0) is 15.5 Å². The molecule has 1 aliphatic carbocycles. The molecule has 1 atom stereocenters. The summed E-state index contributed by atoms with van der Waals surface area (Å²) in [5.41, 5.74) is 8.88. The molecule has 48 heavy (non-hydrogen) atoms. The zero-order chi connectivity index (χ0) is 35.6. The molecule has 0 saturated heterocycles. The van der Waals surface area contributed by atoms with Crippen LogP contribution in [0.25, 0.3) is 0 Å². The first-order valence-electron chi connectivity index (χ1n) is 17.6. The van der Waals surface area contributed by atoms with Gasteiger partial charge in [-0.15, -0.1) is 0 Å². The predicted molar refractivity (Wildman–Crippen MR) is 204 cm³/mol. The summed E-state index contributed by atoms with van der Waals surface area (Å²) in [6.07, 6.45) is 16.8. The third kappa shape index (κ3) is 8.07.